The summed E-state index contributed by atoms with van der Waals surface area (Å²) < 4.78 is 1.04. The SMILES string of the molecule is N#CC1c2ccccc2CCc2ccc(Br)cc21. The molecular formula is C16H12BrN. The highest BCUT2D eigenvalue weighted by Crippen LogP contribution is 2.35. The number of rotatable bonds is 0. The van der Waals surface area contributed by atoms with E-state index in [1.165, 1.54) is 11.1 Å². The van der Waals surface area contributed by atoms with Crippen molar-refractivity contribution in [1.29, 1.82) is 5.26 Å². The van der Waals surface area contributed by atoms with Crippen LogP contribution >= 0.6 is 15.9 Å². The zero-order valence-corrected chi connectivity index (χ0v) is 11.4. The zero-order valence-electron chi connectivity index (χ0n) is 9.86. The van der Waals surface area contributed by atoms with Crippen molar-refractivity contribution in [1.82, 2.24) is 0 Å². The monoisotopic (exact) mass is 297 g/mol. The largest absolute Gasteiger partial charge is 0.197 e. The lowest BCUT2D eigenvalue weighted by Gasteiger charge is -2.13. The van der Waals surface area contributed by atoms with Gasteiger partial charge in [-0.05, 0) is 47.2 Å². The van der Waals surface area contributed by atoms with Crippen LogP contribution in [0.25, 0.3) is 0 Å². The first-order chi connectivity index (χ1) is 8.79. The van der Waals surface area contributed by atoms with Gasteiger partial charge in [-0.15, -0.1) is 0 Å². The third-order valence-corrected chi connectivity index (χ3v) is 4.07. The Hall–Kier alpha value is -1.59. The van der Waals surface area contributed by atoms with Gasteiger partial charge >= 0.3 is 0 Å². The van der Waals surface area contributed by atoms with E-state index in [1.54, 1.807) is 0 Å². The van der Waals surface area contributed by atoms with Crippen molar-refractivity contribution in [3.05, 3.63) is 69.2 Å². The maximum atomic E-state index is 9.54. The molecule has 0 N–H and O–H groups in total. The fourth-order valence-electron chi connectivity index (χ4n) is 2.68. The van der Waals surface area contributed by atoms with Crippen LogP contribution in [0.2, 0.25) is 0 Å². The van der Waals surface area contributed by atoms with Gasteiger partial charge in [0.05, 0.1) is 12.0 Å². The number of fused-ring (bicyclic) bond motifs is 2. The summed E-state index contributed by atoms with van der Waals surface area (Å²) in [6.45, 7) is 0. The first-order valence-corrected chi connectivity index (χ1v) is 6.84. The van der Waals surface area contributed by atoms with Gasteiger partial charge in [-0.3, -0.25) is 0 Å². The molecule has 1 aliphatic rings. The van der Waals surface area contributed by atoms with E-state index >= 15 is 0 Å². The lowest BCUT2D eigenvalue weighted by atomic mass is 9.89. The second-order valence-corrected chi connectivity index (χ2v) is 5.52. The molecule has 0 saturated carbocycles. The fraction of sp³-hybridized carbons (Fsp3) is 0.188. The van der Waals surface area contributed by atoms with Gasteiger partial charge in [0.15, 0.2) is 0 Å². The topological polar surface area (TPSA) is 23.8 Å². The molecule has 1 unspecified atom stereocenters. The molecule has 1 nitrogen and oxygen atoms in total. The summed E-state index contributed by atoms with van der Waals surface area (Å²) in [5, 5.41) is 9.54. The van der Waals surface area contributed by atoms with Crippen LogP contribution in [0.1, 0.15) is 28.2 Å². The molecule has 0 aromatic heterocycles. The van der Waals surface area contributed by atoms with Crippen molar-refractivity contribution in [3.63, 3.8) is 0 Å². The van der Waals surface area contributed by atoms with Crippen LogP contribution in [0.15, 0.2) is 46.9 Å². The van der Waals surface area contributed by atoms with Gasteiger partial charge in [-0.2, -0.15) is 5.26 Å². The zero-order chi connectivity index (χ0) is 12.5. The van der Waals surface area contributed by atoms with Crippen LogP contribution in [0.5, 0.6) is 0 Å². The van der Waals surface area contributed by atoms with Crippen molar-refractivity contribution in [2.24, 2.45) is 0 Å². The summed E-state index contributed by atoms with van der Waals surface area (Å²) in [7, 11) is 0. The predicted octanol–water partition coefficient (Wildman–Crippen LogP) is 4.20. The van der Waals surface area contributed by atoms with E-state index in [-0.39, 0.29) is 5.92 Å². The summed E-state index contributed by atoms with van der Waals surface area (Å²) in [6.07, 6.45) is 2.03. The predicted molar refractivity (Wildman–Crippen MR) is 75.4 cm³/mol. The van der Waals surface area contributed by atoms with Gasteiger partial charge in [-0.25, -0.2) is 0 Å². The minimum Gasteiger partial charge on any atom is -0.197 e. The summed E-state index contributed by atoms with van der Waals surface area (Å²) in [6, 6.07) is 17.0. The summed E-state index contributed by atoms with van der Waals surface area (Å²) in [5.74, 6) is -0.142. The van der Waals surface area contributed by atoms with Gasteiger partial charge in [-0.1, -0.05) is 46.3 Å². The Morgan fingerprint density at radius 1 is 1.00 bits per heavy atom. The van der Waals surface area contributed by atoms with Crippen LogP contribution in [-0.4, -0.2) is 0 Å². The second kappa shape index (κ2) is 4.59. The van der Waals surface area contributed by atoms with E-state index in [4.69, 9.17) is 0 Å². The first kappa shape index (κ1) is 11.5. The highest BCUT2D eigenvalue weighted by Gasteiger charge is 2.23. The molecule has 0 spiro atoms. The number of hydrogen-bond acceptors (Lipinski definition) is 1. The van der Waals surface area contributed by atoms with Crippen LogP contribution in [0.4, 0.5) is 0 Å². The Kier molecular flexibility index (Phi) is 2.93. The van der Waals surface area contributed by atoms with E-state index in [2.05, 4.69) is 58.4 Å². The normalized spacial score (nSPS) is 17.2. The summed E-state index contributed by atoms with van der Waals surface area (Å²) >= 11 is 3.50. The molecular weight excluding hydrogens is 286 g/mol. The number of benzene rings is 2. The Morgan fingerprint density at radius 3 is 2.50 bits per heavy atom. The molecule has 0 fully saturated rings. The molecule has 88 valence electrons. The third kappa shape index (κ3) is 1.85. The summed E-state index contributed by atoms with van der Waals surface area (Å²) in [5.41, 5.74) is 4.91. The molecule has 1 aliphatic carbocycles. The molecule has 0 amide bonds. The number of nitriles is 1. The van der Waals surface area contributed by atoms with Gasteiger partial charge in [0.2, 0.25) is 0 Å². The molecule has 0 bridgehead atoms. The van der Waals surface area contributed by atoms with Gasteiger partial charge in [0.25, 0.3) is 0 Å². The molecule has 2 aromatic carbocycles. The molecule has 3 rings (SSSR count). The highest BCUT2D eigenvalue weighted by atomic mass is 79.9. The maximum absolute atomic E-state index is 9.54. The first-order valence-electron chi connectivity index (χ1n) is 6.05. The van der Waals surface area contributed by atoms with E-state index in [9.17, 15) is 5.26 Å². The lowest BCUT2D eigenvalue weighted by Crippen LogP contribution is -2.01. The van der Waals surface area contributed by atoms with E-state index in [0.29, 0.717) is 0 Å². The van der Waals surface area contributed by atoms with Crippen molar-refractivity contribution in [2.75, 3.05) is 0 Å². The second-order valence-electron chi connectivity index (χ2n) is 4.60. The van der Waals surface area contributed by atoms with Crippen molar-refractivity contribution in [3.8, 4) is 6.07 Å². The third-order valence-electron chi connectivity index (χ3n) is 3.58. The van der Waals surface area contributed by atoms with E-state index < -0.39 is 0 Å². The van der Waals surface area contributed by atoms with Gasteiger partial charge in [0.1, 0.15) is 0 Å². The average Bonchev–Trinajstić information content (AvgIpc) is 2.54. The molecule has 1 atom stereocenters. The Balaban J connectivity index is 2.24. The van der Waals surface area contributed by atoms with Crippen LogP contribution in [0.3, 0.4) is 0 Å². The highest BCUT2D eigenvalue weighted by molar-refractivity contribution is 9.10. The smallest absolute Gasteiger partial charge is 0.0968 e. The Labute approximate surface area is 115 Å². The van der Waals surface area contributed by atoms with Crippen LogP contribution in [0, 0.1) is 11.3 Å². The number of halogens is 1. The van der Waals surface area contributed by atoms with Crippen LogP contribution in [-0.2, 0) is 12.8 Å². The van der Waals surface area contributed by atoms with Gasteiger partial charge < -0.3 is 0 Å². The Morgan fingerprint density at radius 2 is 1.72 bits per heavy atom. The standard InChI is InChI=1S/C16H12BrN/c17-13-8-7-12-6-5-11-3-1-2-4-14(11)16(10-18)15(12)9-13/h1-4,7-9,16H,5-6H2. The molecule has 0 aliphatic heterocycles. The minimum absolute atomic E-state index is 0.142. The molecule has 0 saturated heterocycles. The molecule has 2 heteroatoms. The molecule has 0 heterocycles. The van der Waals surface area contributed by atoms with Crippen molar-refractivity contribution < 1.29 is 0 Å². The Bertz CT molecular complexity index is 640. The average molecular weight is 298 g/mol. The lowest BCUT2D eigenvalue weighted by molar-refractivity contribution is 0.965. The molecule has 18 heavy (non-hydrogen) atoms. The molecule has 0 radical (unpaired) electrons. The minimum atomic E-state index is -0.142. The summed E-state index contributed by atoms with van der Waals surface area (Å²) in [4.78, 5) is 0. The van der Waals surface area contributed by atoms with E-state index in [1.807, 2.05) is 6.07 Å². The fourth-order valence-corrected chi connectivity index (χ4v) is 3.06. The number of aryl methyl sites for hydroxylation is 2. The van der Waals surface area contributed by atoms with Crippen molar-refractivity contribution >= 4 is 15.9 Å². The number of hydrogen-bond donors (Lipinski definition) is 0. The van der Waals surface area contributed by atoms with Crippen molar-refractivity contribution in [2.45, 2.75) is 18.8 Å². The number of nitrogens with zero attached hydrogens (tertiary/aromatic N) is 1. The molecule has 2 aromatic rings. The van der Waals surface area contributed by atoms with E-state index in [0.717, 1.165) is 28.4 Å². The maximum Gasteiger partial charge on any atom is 0.0968 e. The van der Waals surface area contributed by atoms with Gasteiger partial charge in [0, 0.05) is 4.47 Å². The quantitative estimate of drug-likeness (QED) is 0.715. The van der Waals surface area contributed by atoms with Crippen LogP contribution < -0.4 is 0 Å².